The Hall–Kier alpha value is -1.75. The Kier molecular flexibility index (Phi) is 5.39. The third-order valence-electron chi connectivity index (χ3n) is 3.26. The second-order valence-corrected chi connectivity index (χ2v) is 5.86. The highest BCUT2D eigenvalue weighted by molar-refractivity contribution is 5.95. The minimum atomic E-state index is -0.198. The maximum absolute atomic E-state index is 12.3. The molecule has 1 amide bonds. The van der Waals surface area contributed by atoms with E-state index >= 15 is 0 Å². The Morgan fingerprint density at radius 2 is 2.10 bits per heavy atom. The normalized spacial score (nSPS) is 12.8. The number of nitrogen functional groups attached to an aromatic ring is 1. The lowest BCUT2D eigenvalue weighted by molar-refractivity contribution is 0.0885. The molecule has 0 aliphatic rings. The van der Waals surface area contributed by atoms with Gasteiger partial charge in [0.2, 0.25) is 0 Å². The SMILES string of the molecule is COc1cc(C(=O)NC(CCO)C(C)(C)C)ccc1N. The van der Waals surface area contributed by atoms with Crippen molar-refractivity contribution in [2.24, 2.45) is 5.41 Å². The van der Waals surface area contributed by atoms with Crippen molar-refractivity contribution >= 4 is 11.6 Å². The molecule has 5 nitrogen and oxygen atoms in total. The zero-order chi connectivity index (χ0) is 15.3. The van der Waals surface area contributed by atoms with Gasteiger partial charge < -0.3 is 20.9 Å². The van der Waals surface area contributed by atoms with Crippen molar-refractivity contribution in [1.82, 2.24) is 5.32 Å². The number of hydrogen-bond donors (Lipinski definition) is 3. The van der Waals surface area contributed by atoms with E-state index < -0.39 is 0 Å². The minimum Gasteiger partial charge on any atom is -0.495 e. The molecule has 0 bridgehead atoms. The Bertz CT molecular complexity index is 467. The monoisotopic (exact) mass is 280 g/mol. The van der Waals surface area contributed by atoms with Crippen molar-refractivity contribution in [2.45, 2.75) is 33.2 Å². The molecule has 0 saturated heterocycles. The van der Waals surface area contributed by atoms with Gasteiger partial charge in [-0.2, -0.15) is 0 Å². The summed E-state index contributed by atoms with van der Waals surface area (Å²) < 4.78 is 5.11. The first-order valence-electron chi connectivity index (χ1n) is 6.65. The maximum Gasteiger partial charge on any atom is 0.251 e. The van der Waals surface area contributed by atoms with Gasteiger partial charge in [0.25, 0.3) is 5.91 Å². The molecule has 0 aliphatic heterocycles. The summed E-state index contributed by atoms with van der Waals surface area (Å²) in [5.41, 5.74) is 6.58. The zero-order valence-corrected chi connectivity index (χ0v) is 12.6. The van der Waals surface area contributed by atoms with Crippen LogP contribution in [-0.2, 0) is 0 Å². The van der Waals surface area contributed by atoms with E-state index in [2.05, 4.69) is 5.32 Å². The van der Waals surface area contributed by atoms with Crippen LogP contribution >= 0.6 is 0 Å². The molecule has 1 aromatic carbocycles. The van der Waals surface area contributed by atoms with E-state index in [1.807, 2.05) is 20.8 Å². The fraction of sp³-hybridized carbons (Fsp3) is 0.533. The molecule has 112 valence electrons. The van der Waals surface area contributed by atoms with Crippen LogP contribution in [0.3, 0.4) is 0 Å². The van der Waals surface area contributed by atoms with Crippen molar-refractivity contribution in [3.8, 4) is 5.75 Å². The predicted molar refractivity (Wildman–Crippen MR) is 79.8 cm³/mol. The molecule has 0 spiro atoms. The van der Waals surface area contributed by atoms with Gasteiger partial charge in [0.05, 0.1) is 12.8 Å². The summed E-state index contributed by atoms with van der Waals surface area (Å²) in [5, 5.41) is 12.1. The van der Waals surface area contributed by atoms with E-state index in [0.29, 0.717) is 23.4 Å². The molecular weight excluding hydrogens is 256 g/mol. The van der Waals surface area contributed by atoms with Gasteiger partial charge in [0.1, 0.15) is 5.75 Å². The molecule has 1 aromatic rings. The van der Waals surface area contributed by atoms with Crippen molar-refractivity contribution < 1.29 is 14.6 Å². The number of aliphatic hydroxyl groups excluding tert-OH is 1. The number of hydrogen-bond acceptors (Lipinski definition) is 4. The molecule has 0 heterocycles. The molecule has 1 atom stereocenters. The molecule has 4 N–H and O–H groups in total. The molecule has 0 radical (unpaired) electrons. The van der Waals surface area contributed by atoms with Crippen LogP contribution in [-0.4, -0.2) is 30.8 Å². The average molecular weight is 280 g/mol. The Morgan fingerprint density at radius 3 is 2.60 bits per heavy atom. The number of carbonyl (C=O) groups is 1. The highest BCUT2D eigenvalue weighted by atomic mass is 16.5. The molecule has 0 aliphatic carbocycles. The largest absolute Gasteiger partial charge is 0.495 e. The van der Waals surface area contributed by atoms with Gasteiger partial charge in [-0.3, -0.25) is 4.79 Å². The lowest BCUT2D eigenvalue weighted by Crippen LogP contribution is -2.44. The smallest absolute Gasteiger partial charge is 0.251 e. The Labute approximate surface area is 120 Å². The number of carbonyl (C=O) groups excluding carboxylic acids is 1. The van der Waals surface area contributed by atoms with Crippen LogP contribution in [0.25, 0.3) is 0 Å². The van der Waals surface area contributed by atoms with Crippen LogP contribution in [0.4, 0.5) is 5.69 Å². The summed E-state index contributed by atoms with van der Waals surface area (Å²) in [6.07, 6.45) is 0.515. The highest BCUT2D eigenvalue weighted by Gasteiger charge is 2.26. The lowest BCUT2D eigenvalue weighted by Gasteiger charge is -2.31. The fourth-order valence-electron chi connectivity index (χ4n) is 1.94. The summed E-state index contributed by atoms with van der Waals surface area (Å²) in [5.74, 6) is 0.281. The Balaban J connectivity index is 2.89. The first-order chi connectivity index (χ1) is 9.29. The zero-order valence-electron chi connectivity index (χ0n) is 12.6. The number of benzene rings is 1. The number of rotatable bonds is 5. The van der Waals surface area contributed by atoms with E-state index in [1.165, 1.54) is 7.11 Å². The minimum absolute atomic E-state index is 0.0350. The number of methoxy groups -OCH3 is 1. The molecule has 20 heavy (non-hydrogen) atoms. The number of nitrogens with two attached hydrogens (primary N) is 1. The highest BCUT2D eigenvalue weighted by Crippen LogP contribution is 2.24. The van der Waals surface area contributed by atoms with Crippen molar-refractivity contribution in [3.05, 3.63) is 23.8 Å². The van der Waals surface area contributed by atoms with E-state index in [-0.39, 0.29) is 24.0 Å². The first-order valence-corrected chi connectivity index (χ1v) is 6.65. The number of anilines is 1. The van der Waals surface area contributed by atoms with E-state index in [0.717, 1.165) is 0 Å². The number of aliphatic hydroxyl groups is 1. The molecule has 5 heteroatoms. The van der Waals surface area contributed by atoms with Crippen LogP contribution in [0.15, 0.2) is 18.2 Å². The molecule has 0 aromatic heterocycles. The first kappa shape index (κ1) is 16.3. The summed E-state index contributed by atoms with van der Waals surface area (Å²) >= 11 is 0. The van der Waals surface area contributed by atoms with Gasteiger partial charge >= 0.3 is 0 Å². The van der Waals surface area contributed by atoms with E-state index in [4.69, 9.17) is 15.6 Å². The number of amides is 1. The van der Waals surface area contributed by atoms with Gasteiger partial charge in [-0.25, -0.2) is 0 Å². The third-order valence-corrected chi connectivity index (χ3v) is 3.26. The molecule has 0 fully saturated rings. The summed E-state index contributed by atoms with van der Waals surface area (Å²) in [6, 6.07) is 4.81. The fourth-order valence-corrected chi connectivity index (χ4v) is 1.94. The van der Waals surface area contributed by atoms with Gasteiger partial charge in [0.15, 0.2) is 0 Å². The average Bonchev–Trinajstić information content (AvgIpc) is 2.37. The second kappa shape index (κ2) is 6.61. The maximum atomic E-state index is 12.3. The van der Waals surface area contributed by atoms with E-state index in [9.17, 15) is 4.79 Å². The van der Waals surface area contributed by atoms with Crippen LogP contribution in [0, 0.1) is 5.41 Å². The van der Waals surface area contributed by atoms with Crippen molar-refractivity contribution in [3.63, 3.8) is 0 Å². The molecule has 0 saturated carbocycles. The third kappa shape index (κ3) is 4.13. The number of nitrogens with one attached hydrogen (secondary N) is 1. The quantitative estimate of drug-likeness (QED) is 0.718. The molecule has 1 rings (SSSR count). The summed E-state index contributed by atoms with van der Waals surface area (Å²) in [6.45, 7) is 6.11. The van der Waals surface area contributed by atoms with Gasteiger partial charge in [-0.1, -0.05) is 20.8 Å². The van der Waals surface area contributed by atoms with Crippen molar-refractivity contribution in [1.29, 1.82) is 0 Å². The summed E-state index contributed by atoms with van der Waals surface area (Å²) in [7, 11) is 1.51. The van der Waals surface area contributed by atoms with Gasteiger partial charge in [-0.05, 0) is 30.0 Å². The Morgan fingerprint density at radius 1 is 1.45 bits per heavy atom. The molecule has 1 unspecified atom stereocenters. The van der Waals surface area contributed by atoms with Crippen LogP contribution < -0.4 is 15.8 Å². The standard InChI is InChI=1S/C15H24N2O3/c1-15(2,3)13(7-8-18)17-14(19)10-5-6-11(16)12(9-10)20-4/h5-6,9,13,18H,7-8,16H2,1-4H3,(H,17,19). The predicted octanol–water partition coefficient (Wildman–Crippen LogP) is 1.80. The topological polar surface area (TPSA) is 84.6 Å². The second-order valence-electron chi connectivity index (χ2n) is 5.86. The number of ether oxygens (including phenoxy) is 1. The van der Waals surface area contributed by atoms with Gasteiger partial charge in [0, 0.05) is 18.2 Å². The lowest BCUT2D eigenvalue weighted by atomic mass is 9.84. The van der Waals surface area contributed by atoms with Gasteiger partial charge in [-0.15, -0.1) is 0 Å². The molecular formula is C15H24N2O3. The van der Waals surface area contributed by atoms with Crippen molar-refractivity contribution in [2.75, 3.05) is 19.5 Å². The van der Waals surface area contributed by atoms with E-state index in [1.54, 1.807) is 18.2 Å². The van der Waals surface area contributed by atoms with Crippen LogP contribution in [0.2, 0.25) is 0 Å². The van der Waals surface area contributed by atoms with Crippen LogP contribution in [0.5, 0.6) is 5.75 Å². The summed E-state index contributed by atoms with van der Waals surface area (Å²) in [4.78, 5) is 12.3. The van der Waals surface area contributed by atoms with Crippen LogP contribution in [0.1, 0.15) is 37.6 Å².